The summed E-state index contributed by atoms with van der Waals surface area (Å²) in [5.74, 6) is 0.518. The zero-order valence-corrected chi connectivity index (χ0v) is 23.7. The van der Waals surface area contributed by atoms with E-state index in [-0.39, 0.29) is 30.4 Å². The number of hydrogen-bond donors (Lipinski definition) is 1. The topological polar surface area (TPSA) is 95.5 Å². The molecule has 4 amide bonds. The van der Waals surface area contributed by atoms with Crippen LogP contribution in [0.3, 0.4) is 0 Å². The maximum absolute atomic E-state index is 14.1. The SMILES string of the molecule is CC(C)N1C(=O)N(Cc2cnc3cc4c(cc3c2)C[C@@]2(C4)C(=O)Nc3ncccc32)C2(CCCc3ccccc32)C1=O. The fraction of sp³-hybridized carbons (Fsp3) is 0.324. The van der Waals surface area contributed by atoms with E-state index < -0.39 is 11.0 Å². The summed E-state index contributed by atoms with van der Waals surface area (Å²) in [6.45, 7) is 4.07. The third-order valence-electron chi connectivity index (χ3n) is 9.81. The normalized spacial score (nSPS) is 24.2. The molecule has 2 aliphatic carbocycles. The molecule has 2 aromatic carbocycles. The second kappa shape index (κ2) is 8.71. The fourth-order valence-corrected chi connectivity index (χ4v) is 7.88. The smallest absolute Gasteiger partial charge is 0.310 e. The number of nitrogens with one attached hydrogen (secondary N) is 1. The molecule has 2 atom stereocenters. The number of urea groups is 1. The van der Waals surface area contributed by atoms with Crippen molar-refractivity contribution in [1.29, 1.82) is 0 Å². The number of imide groups is 1. The summed E-state index contributed by atoms with van der Waals surface area (Å²) >= 11 is 0. The van der Waals surface area contributed by atoms with Crippen LogP contribution in [0.2, 0.25) is 0 Å². The second-order valence-corrected chi connectivity index (χ2v) is 12.5. The highest BCUT2D eigenvalue weighted by molar-refractivity contribution is 6.08. The van der Waals surface area contributed by atoms with E-state index in [2.05, 4.69) is 34.6 Å². The van der Waals surface area contributed by atoms with Crippen LogP contribution >= 0.6 is 0 Å². The molecule has 0 saturated carbocycles. The number of pyridine rings is 2. The number of carbonyl (C=O) groups is 3. The third-order valence-corrected chi connectivity index (χ3v) is 9.81. The largest absolute Gasteiger partial charge is 0.328 e. The summed E-state index contributed by atoms with van der Waals surface area (Å²) in [4.78, 5) is 53.6. The number of fused-ring (bicyclic) bond motifs is 6. The van der Waals surface area contributed by atoms with Gasteiger partial charge in [0.1, 0.15) is 11.4 Å². The Morgan fingerprint density at radius 3 is 2.55 bits per heavy atom. The lowest BCUT2D eigenvalue weighted by atomic mass is 9.75. The predicted octanol–water partition coefficient (Wildman–Crippen LogP) is 5.02. The minimum absolute atomic E-state index is 0.00455. The van der Waals surface area contributed by atoms with Crippen molar-refractivity contribution in [2.24, 2.45) is 0 Å². The molecule has 2 aromatic heterocycles. The molecule has 1 N–H and O–H groups in total. The molecule has 2 spiro atoms. The van der Waals surface area contributed by atoms with Crippen molar-refractivity contribution in [3.05, 3.63) is 100 Å². The van der Waals surface area contributed by atoms with Crippen molar-refractivity contribution in [1.82, 2.24) is 19.8 Å². The minimum atomic E-state index is -1.01. The Labute approximate surface area is 243 Å². The lowest BCUT2D eigenvalue weighted by Crippen LogP contribution is -2.49. The second-order valence-electron chi connectivity index (χ2n) is 12.5. The summed E-state index contributed by atoms with van der Waals surface area (Å²) in [6.07, 6.45) is 7.09. The van der Waals surface area contributed by atoms with Gasteiger partial charge in [-0.05, 0) is 98.0 Å². The van der Waals surface area contributed by atoms with E-state index in [0.29, 0.717) is 25.1 Å². The maximum atomic E-state index is 14.1. The van der Waals surface area contributed by atoms with Gasteiger partial charge in [-0.15, -0.1) is 0 Å². The van der Waals surface area contributed by atoms with E-state index in [4.69, 9.17) is 4.98 Å². The van der Waals surface area contributed by atoms with Crippen LogP contribution in [0.5, 0.6) is 0 Å². The van der Waals surface area contributed by atoms with Gasteiger partial charge in [0.15, 0.2) is 0 Å². The predicted molar refractivity (Wildman–Crippen MR) is 158 cm³/mol. The van der Waals surface area contributed by atoms with Crippen molar-refractivity contribution in [3.8, 4) is 0 Å². The van der Waals surface area contributed by atoms with Crippen molar-refractivity contribution in [2.75, 3.05) is 5.32 Å². The fourth-order valence-electron chi connectivity index (χ4n) is 7.88. The van der Waals surface area contributed by atoms with Crippen LogP contribution < -0.4 is 5.32 Å². The number of aromatic nitrogens is 2. The molecule has 2 aliphatic heterocycles. The van der Waals surface area contributed by atoms with Gasteiger partial charge in [-0.25, -0.2) is 9.78 Å². The van der Waals surface area contributed by atoms with E-state index in [1.54, 1.807) is 11.1 Å². The number of carbonyl (C=O) groups excluding carboxylic acids is 3. The van der Waals surface area contributed by atoms with E-state index in [1.165, 1.54) is 4.90 Å². The molecule has 42 heavy (non-hydrogen) atoms. The molecule has 210 valence electrons. The molecule has 8 nitrogen and oxygen atoms in total. The summed E-state index contributed by atoms with van der Waals surface area (Å²) < 4.78 is 0. The first-order valence-electron chi connectivity index (χ1n) is 14.7. The monoisotopic (exact) mass is 557 g/mol. The number of amides is 4. The Morgan fingerprint density at radius 1 is 0.929 bits per heavy atom. The maximum Gasteiger partial charge on any atom is 0.328 e. The molecular formula is C34H31N5O3. The minimum Gasteiger partial charge on any atom is -0.310 e. The number of aryl methyl sites for hydroxylation is 1. The van der Waals surface area contributed by atoms with Crippen LogP contribution in [0.4, 0.5) is 10.6 Å². The Kier molecular flexibility index (Phi) is 5.21. The molecular weight excluding hydrogens is 526 g/mol. The van der Waals surface area contributed by atoms with Gasteiger partial charge in [0, 0.05) is 29.4 Å². The molecule has 8 rings (SSSR count). The van der Waals surface area contributed by atoms with Crippen LogP contribution in [-0.4, -0.2) is 43.7 Å². The molecule has 1 unspecified atom stereocenters. The average molecular weight is 558 g/mol. The summed E-state index contributed by atoms with van der Waals surface area (Å²) in [5.41, 5.74) is 5.36. The van der Waals surface area contributed by atoms with Crippen molar-refractivity contribution in [3.63, 3.8) is 0 Å². The van der Waals surface area contributed by atoms with Crippen LogP contribution in [0, 0.1) is 0 Å². The van der Waals surface area contributed by atoms with Gasteiger partial charge < -0.3 is 10.2 Å². The van der Waals surface area contributed by atoms with Crippen LogP contribution in [0.15, 0.2) is 67.0 Å². The molecule has 1 saturated heterocycles. The quantitative estimate of drug-likeness (QED) is 0.357. The summed E-state index contributed by atoms with van der Waals surface area (Å²) in [6, 6.07) is 17.8. The lowest BCUT2D eigenvalue weighted by Gasteiger charge is -2.40. The van der Waals surface area contributed by atoms with Gasteiger partial charge >= 0.3 is 6.03 Å². The molecule has 0 radical (unpaired) electrons. The molecule has 1 fully saturated rings. The van der Waals surface area contributed by atoms with E-state index in [0.717, 1.165) is 57.1 Å². The Hall–Kier alpha value is -4.59. The summed E-state index contributed by atoms with van der Waals surface area (Å²) in [7, 11) is 0. The molecule has 8 heteroatoms. The number of nitrogens with zero attached hydrogens (tertiary/aromatic N) is 4. The van der Waals surface area contributed by atoms with E-state index in [9.17, 15) is 14.4 Å². The van der Waals surface area contributed by atoms with E-state index in [1.807, 2.05) is 50.4 Å². The zero-order valence-electron chi connectivity index (χ0n) is 23.7. The van der Waals surface area contributed by atoms with Crippen LogP contribution in [0.1, 0.15) is 60.1 Å². The van der Waals surface area contributed by atoms with Crippen molar-refractivity contribution in [2.45, 2.75) is 69.5 Å². The average Bonchev–Trinajstić information content (AvgIpc) is 3.56. The van der Waals surface area contributed by atoms with Gasteiger partial charge in [-0.3, -0.25) is 19.5 Å². The van der Waals surface area contributed by atoms with Gasteiger partial charge in [-0.1, -0.05) is 30.3 Å². The van der Waals surface area contributed by atoms with Crippen LogP contribution in [0.25, 0.3) is 10.9 Å². The number of anilines is 1. The van der Waals surface area contributed by atoms with Crippen molar-refractivity contribution >= 4 is 34.6 Å². The first kappa shape index (κ1) is 25.1. The van der Waals surface area contributed by atoms with E-state index >= 15 is 0 Å². The highest BCUT2D eigenvalue weighted by Gasteiger charge is 2.60. The Balaban J connectivity index is 1.18. The van der Waals surface area contributed by atoms with Crippen LogP contribution in [-0.2, 0) is 46.4 Å². The molecule has 4 heterocycles. The van der Waals surface area contributed by atoms with Gasteiger partial charge in [0.2, 0.25) is 5.91 Å². The third kappa shape index (κ3) is 3.26. The molecule has 0 bridgehead atoms. The number of benzene rings is 2. The Bertz CT molecular complexity index is 1850. The van der Waals surface area contributed by atoms with Gasteiger partial charge in [-0.2, -0.15) is 0 Å². The molecule has 4 aliphatic rings. The highest BCUT2D eigenvalue weighted by Crippen LogP contribution is 2.49. The zero-order chi connectivity index (χ0) is 28.8. The standard InChI is InChI=1S/C34H31N5O3/c1-20(2)39-31(41)34(11-5-8-22-7-3-4-9-26(22)34)38(32(39)42)19-21-13-23-14-24-16-33(17-25(24)15-28(23)36-18-21)27-10-6-12-35-29(27)37-30(33)40/h3-4,6-7,9-10,12-15,18,20H,5,8,11,16-17,19H2,1-2H3,(H,35,37,40)/t33-,34?/m0/s1. The van der Waals surface area contributed by atoms with Crippen molar-refractivity contribution < 1.29 is 14.4 Å². The van der Waals surface area contributed by atoms with Gasteiger partial charge in [0.05, 0.1) is 17.5 Å². The highest BCUT2D eigenvalue weighted by atomic mass is 16.2. The van der Waals surface area contributed by atoms with Gasteiger partial charge in [0.25, 0.3) is 5.91 Å². The molecule has 4 aromatic rings. The first-order valence-corrected chi connectivity index (χ1v) is 14.7. The Morgan fingerprint density at radius 2 is 1.71 bits per heavy atom. The summed E-state index contributed by atoms with van der Waals surface area (Å²) in [5, 5.41) is 3.94. The number of hydrogen-bond acceptors (Lipinski definition) is 5. The first-order chi connectivity index (χ1) is 20.3. The lowest BCUT2D eigenvalue weighted by molar-refractivity contribution is -0.135. The number of rotatable bonds is 3.